The minimum absolute atomic E-state index is 0.0853. The maximum absolute atomic E-state index is 11.0. The zero-order chi connectivity index (χ0) is 11.7. The number of thioether (sulfide) groups is 1. The van der Waals surface area contributed by atoms with Gasteiger partial charge in [0.2, 0.25) is 5.91 Å². The minimum atomic E-state index is -0.0853. The first-order chi connectivity index (χ1) is 7.13. The molecule has 90 valence electrons. The van der Waals surface area contributed by atoms with Crippen LogP contribution in [0.2, 0.25) is 0 Å². The van der Waals surface area contributed by atoms with Gasteiger partial charge >= 0.3 is 0 Å². The average Bonchev–Trinajstić information content (AvgIpc) is 2.24. The second-order valence-electron chi connectivity index (χ2n) is 3.48. The third kappa shape index (κ3) is 7.64. The summed E-state index contributed by atoms with van der Waals surface area (Å²) < 4.78 is 0. The summed E-state index contributed by atoms with van der Waals surface area (Å²) in [5.74, 6) is 6.01. The second kappa shape index (κ2) is 9.00. The standard InChI is InChI=1S/C10H23N3OS/c1-4-13(5-2)6-7-15-9(3)8-10(14)12-11/h9H,4-8,11H2,1-3H3,(H,12,14). The Morgan fingerprint density at radius 3 is 2.53 bits per heavy atom. The fraction of sp³-hybridized carbons (Fsp3) is 0.900. The van der Waals surface area contributed by atoms with Crippen LogP contribution in [0.5, 0.6) is 0 Å². The Hall–Kier alpha value is -0.260. The first-order valence-corrected chi connectivity index (χ1v) is 6.52. The van der Waals surface area contributed by atoms with Crippen molar-refractivity contribution in [3.8, 4) is 0 Å². The van der Waals surface area contributed by atoms with E-state index in [4.69, 9.17) is 5.84 Å². The molecule has 0 radical (unpaired) electrons. The highest BCUT2D eigenvalue weighted by Gasteiger charge is 2.08. The third-order valence-electron chi connectivity index (χ3n) is 2.34. The van der Waals surface area contributed by atoms with E-state index in [9.17, 15) is 4.79 Å². The summed E-state index contributed by atoms with van der Waals surface area (Å²) in [6.07, 6.45) is 0.499. The molecule has 0 saturated carbocycles. The summed E-state index contributed by atoms with van der Waals surface area (Å²) in [5, 5.41) is 0.337. The lowest BCUT2D eigenvalue weighted by atomic mass is 10.3. The Kier molecular flexibility index (Phi) is 8.85. The number of nitrogens with two attached hydrogens (primary N) is 1. The molecule has 1 unspecified atom stereocenters. The van der Waals surface area contributed by atoms with Gasteiger partial charge in [-0.05, 0) is 13.1 Å². The first kappa shape index (κ1) is 14.7. The van der Waals surface area contributed by atoms with Gasteiger partial charge < -0.3 is 4.90 Å². The smallest absolute Gasteiger partial charge is 0.234 e. The van der Waals surface area contributed by atoms with Gasteiger partial charge in [0.05, 0.1) is 0 Å². The van der Waals surface area contributed by atoms with Gasteiger partial charge in [-0.1, -0.05) is 20.8 Å². The molecule has 0 aromatic carbocycles. The zero-order valence-electron chi connectivity index (χ0n) is 9.95. The Balaban J connectivity index is 3.53. The van der Waals surface area contributed by atoms with Crippen LogP contribution in [-0.4, -0.2) is 41.4 Å². The third-order valence-corrected chi connectivity index (χ3v) is 3.49. The van der Waals surface area contributed by atoms with E-state index in [0.29, 0.717) is 11.7 Å². The summed E-state index contributed by atoms with van der Waals surface area (Å²) in [5.41, 5.74) is 2.15. The highest BCUT2D eigenvalue weighted by Crippen LogP contribution is 2.13. The number of hydrogen-bond donors (Lipinski definition) is 2. The molecule has 0 aliphatic rings. The van der Waals surface area contributed by atoms with E-state index in [1.807, 2.05) is 11.8 Å². The molecule has 0 bridgehead atoms. The van der Waals surface area contributed by atoms with E-state index in [-0.39, 0.29) is 5.91 Å². The molecule has 0 aliphatic carbocycles. The van der Waals surface area contributed by atoms with Crippen LogP contribution >= 0.6 is 11.8 Å². The van der Waals surface area contributed by atoms with Gasteiger partial charge in [0.15, 0.2) is 0 Å². The van der Waals surface area contributed by atoms with E-state index in [1.165, 1.54) is 0 Å². The predicted molar refractivity (Wildman–Crippen MR) is 66.7 cm³/mol. The maximum Gasteiger partial charge on any atom is 0.234 e. The van der Waals surface area contributed by atoms with Crippen molar-refractivity contribution in [3.63, 3.8) is 0 Å². The van der Waals surface area contributed by atoms with Crippen molar-refractivity contribution in [1.29, 1.82) is 0 Å². The molecule has 0 rings (SSSR count). The maximum atomic E-state index is 11.0. The molecule has 15 heavy (non-hydrogen) atoms. The van der Waals surface area contributed by atoms with Crippen LogP contribution in [-0.2, 0) is 4.79 Å². The summed E-state index contributed by atoms with van der Waals surface area (Å²) in [4.78, 5) is 13.3. The molecule has 0 aromatic rings. The van der Waals surface area contributed by atoms with Gasteiger partial charge in [-0.15, -0.1) is 0 Å². The van der Waals surface area contributed by atoms with Gasteiger partial charge in [-0.25, -0.2) is 5.84 Å². The van der Waals surface area contributed by atoms with Crippen molar-refractivity contribution in [2.24, 2.45) is 5.84 Å². The quantitative estimate of drug-likeness (QED) is 0.370. The molecule has 0 aromatic heterocycles. The molecule has 3 N–H and O–H groups in total. The predicted octanol–water partition coefficient (Wildman–Crippen LogP) is 0.830. The van der Waals surface area contributed by atoms with Crippen molar-refractivity contribution in [1.82, 2.24) is 10.3 Å². The van der Waals surface area contributed by atoms with Gasteiger partial charge in [-0.2, -0.15) is 11.8 Å². The normalized spacial score (nSPS) is 12.9. The van der Waals surface area contributed by atoms with E-state index in [0.717, 1.165) is 25.4 Å². The van der Waals surface area contributed by atoms with Gasteiger partial charge in [-0.3, -0.25) is 10.2 Å². The highest BCUT2D eigenvalue weighted by atomic mass is 32.2. The first-order valence-electron chi connectivity index (χ1n) is 5.47. The number of rotatable bonds is 8. The van der Waals surface area contributed by atoms with Crippen LogP contribution in [0.3, 0.4) is 0 Å². The fourth-order valence-electron chi connectivity index (χ4n) is 1.30. The second-order valence-corrected chi connectivity index (χ2v) is 5.03. The number of amides is 1. The SMILES string of the molecule is CCN(CC)CCSC(C)CC(=O)NN. The number of carbonyl (C=O) groups excluding carboxylic acids is 1. The average molecular weight is 233 g/mol. The molecule has 5 heteroatoms. The van der Waals surface area contributed by atoms with Gasteiger partial charge in [0, 0.05) is 24.0 Å². The van der Waals surface area contributed by atoms with E-state index in [1.54, 1.807) is 0 Å². The molecule has 0 saturated heterocycles. The van der Waals surface area contributed by atoms with Crippen molar-refractivity contribution in [2.45, 2.75) is 32.4 Å². The molecular weight excluding hydrogens is 210 g/mol. The van der Waals surface area contributed by atoms with E-state index < -0.39 is 0 Å². The Bertz CT molecular complexity index is 174. The van der Waals surface area contributed by atoms with Gasteiger partial charge in [0.25, 0.3) is 0 Å². The molecule has 1 atom stereocenters. The molecular formula is C10H23N3OS. The Morgan fingerprint density at radius 1 is 1.47 bits per heavy atom. The lowest BCUT2D eigenvalue weighted by Gasteiger charge is -2.18. The van der Waals surface area contributed by atoms with E-state index in [2.05, 4.69) is 31.1 Å². The fourth-order valence-corrected chi connectivity index (χ4v) is 2.34. The lowest BCUT2D eigenvalue weighted by Crippen LogP contribution is -2.32. The molecule has 0 spiro atoms. The number of nitrogens with zero attached hydrogens (tertiary/aromatic N) is 1. The van der Waals surface area contributed by atoms with Gasteiger partial charge in [0.1, 0.15) is 0 Å². The van der Waals surface area contributed by atoms with Crippen molar-refractivity contribution < 1.29 is 4.79 Å². The largest absolute Gasteiger partial charge is 0.303 e. The van der Waals surface area contributed by atoms with Crippen LogP contribution < -0.4 is 11.3 Å². The molecule has 4 nitrogen and oxygen atoms in total. The summed E-state index contributed by atoms with van der Waals surface area (Å²) in [7, 11) is 0. The summed E-state index contributed by atoms with van der Waals surface area (Å²) >= 11 is 1.82. The number of carbonyl (C=O) groups is 1. The minimum Gasteiger partial charge on any atom is -0.303 e. The molecule has 0 fully saturated rings. The van der Waals surface area contributed by atoms with Crippen LogP contribution in [0, 0.1) is 0 Å². The van der Waals surface area contributed by atoms with Crippen molar-refractivity contribution in [2.75, 3.05) is 25.4 Å². The van der Waals surface area contributed by atoms with Crippen molar-refractivity contribution >= 4 is 17.7 Å². The summed E-state index contributed by atoms with van der Waals surface area (Å²) in [6.45, 7) is 9.66. The molecule has 0 aliphatic heterocycles. The van der Waals surface area contributed by atoms with Crippen LogP contribution in [0.4, 0.5) is 0 Å². The Morgan fingerprint density at radius 2 is 2.07 bits per heavy atom. The van der Waals surface area contributed by atoms with Crippen LogP contribution in [0.25, 0.3) is 0 Å². The zero-order valence-corrected chi connectivity index (χ0v) is 10.8. The topological polar surface area (TPSA) is 58.4 Å². The number of hydrazine groups is 1. The number of nitrogens with one attached hydrogen (secondary N) is 1. The van der Waals surface area contributed by atoms with Crippen LogP contribution in [0.15, 0.2) is 0 Å². The molecule has 0 heterocycles. The highest BCUT2D eigenvalue weighted by molar-refractivity contribution is 7.99. The Labute approximate surface area is 96.9 Å². The van der Waals surface area contributed by atoms with Crippen molar-refractivity contribution in [3.05, 3.63) is 0 Å². The van der Waals surface area contributed by atoms with E-state index >= 15 is 0 Å². The summed E-state index contributed by atoms with van der Waals surface area (Å²) in [6, 6.07) is 0. The monoisotopic (exact) mass is 233 g/mol. The molecule has 1 amide bonds. The van der Waals surface area contributed by atoms with Crippen LogP contribution in [0.1, 0.15) is 27.2 Å². The number of hydrogen-bond acceptors (Lipinski definition) is 4. The lowest BCUT2D eigenvalue weighted by molar-refractivity contribution is -0.121.